The molecule has 2 aliphatic rings. The van der Waals surface area contributed by atoms with Gasteiger partial charge >= 0.3 is 6.03 Å². The molecule has 2 aromatic rings. The third-order valence-corrected chi connectivity index (χ3v) is 9.30. The highest BCUT2D eigenvalue weighted by Crippen LogP contribution is 2.34. The Labute approximate surface area is 270 Å². The summed E-state index contributed by atoms with van der Waals surface area (Å²) in [5.74, 6) is -0.412. The second-order valence-electron chi connectivity index (χ2n) is 11.9. The minimum absolute atomic E-state index is 0.135. The van der Waals surface area contributed by atoms with Gasteiger partial charge in [0.1, 0.15) is 6.04 Å². The van der Waals surface area contributed by atoms with Gasteiger partial charge in [0, 0.05) is 93.2 Å². The Morgan fingerprint density at radius 3 is 2.27 bits per heavy atom. The summed E-state index contributed by atoms with van der Waals surface area (Å²) in [7, 11) is 3.96. The lowest BCUT2D eigenvalue weighted by atomic mass is 9.79. The Morgan fingerprint density at radius 2 is 1.66 bits per heavy atom. The van der Waals surface area contributed by atoms with Crippen LogP contribution in [0.5, 0.6) is 0 Å². The first-order chi connectivity index (χ1) is 21.1. The van der Waals surface area contributed by atoms with E-state index in [1.54, 1.807) is 18.2 Å². The summed E-state index contributed by atoms with van der Waals surface area (Å²) in [6, 6.07) is 11.9. The fraction of sp³-hybridized carbons (Fsp3) is 0.531. The first-order valence-corrected chi connectivity index (χ1v) is 16.2. The van der Waals surface area contributed by atoms with Gasteiger partial charge in [-0.2, -0.15) is 0 Å². The molecule has 44 heavy (non-hydrogen) atoms. The van der Waals surface area contributed by atoms with E-state index in [0.717, 1.165) is 42.6 Å². The second-order valence-corrected chi connectivity index (χ2v) is 12.8. The summed E-state index contributed by atoms with van der Waals surface area (Å²) in [4.78, 5) is 45.4. The largest absolute Gasteiger partial charge is 0.378 e. The van der Waals surface area contributed by atoms with Gasteiger partial charge in [-0.05, 0) is 54.8 Å². The highest BCUT2D eigenvalue weighted by Gasteiger charge is 2.41. The van der Waals surface area contributed by atoms with Gasteiger partial charge in [-0.15, -0.1) is 0 Å². The Bertz CT molecular complexity index is 1280. The fourth-order valence-corrected chi connectivity index (χ4v) is 6.69. The van der Waals surface area contributed by atoms with Gasteiger partial charge in [-0.25, -0.2) is 4.79 Å². The van der Waals surface area contributed by atoms with Gasteiger partial charge < -0.3 is 31.5 Å². The maximum Gasteiger partial charge on any atom is 0.319 e. The third kappa shape index (κ3) is 9.00. The van der Waals surface area contributed by atoms with Crippen molar-refractivity contribution in [1.82, 2.24) is 20.4 Å². The molecule has 0 spiro atoms. The van der Waals surface area contributed by atoms with Crippen LogP contribution < -0.4 is 26.6 Å². The SMILES string of the molecule is CN(C)c1ccc(NC(=O)NCC2(N3CCN(C(=O)[C@@H](Cc4ccc(Cl)cc4Cl)NC(=O)CCN)CC3)CCCCC2)cc1. The molecule has 1 aliphatic heterocycles. The molecule has 0 bridgehead atoms. The van der Waals surface area contributed by atoms with Crippen molar-refractivity contribution in [2.75, 3.05) is 63.6 Å². The molecule has 1 atom stereocenters. The molecule has 0 aromatic heterocycles. The number of hydrogen-bond donors (Lipinski definition) is 4. The quantitative estimate of drug-likeness (QED) is 0.292. The lowest BCUT2D eigenvalue weighted by Gasteiger charge is -2.50. The molecular weight excluding hydrogens is 601 g/mol. The summed E-state index contributed by atoms with van der Waals surface area (Å²) in [5.41, 5.74) is 7.96. The zero-order valence-corrected chi connectivity index (χ0v) is 27.2. The Hall–Kier alpha value is -3.05. The minimum atomic E-state index is -0.764. The molecule has 1 saturated carbocycles. The van der Waals surface area contributed by atoms with Crippen molar-refractivity contribution in [3.05, 3.63) is 58.1 Å². The number of halogens is 2. The molecule has 1 saturated heterocycles. The van der Waals surface area contributed by atoms with Crippen LogP contribution in [0, 0.1) is 0 Å². The molecule has 1 aliphatic carbocycles. The van der Waals surface area contributed by atoms with E-state index in [-0.39, 0.29) is 42.8 Å². The molecule has 4 rings (SSSR count). The fourth-order valence-electron chi connectivity index (χ4n) is 6.20. The monoisotopic (exact) mass is 645 g/mol. The summed E-state index contributed by atoms with van der Waals surface area (Å²) in [5, 5.41) is 9.93. The third-order valence-electron chi connectivity index (χ3n) is 8.71. The number of amides is 4. The van der Waals surface area contributed by atoms with Crippen molar-refractivity contribution >= 4 is 52.4 Å². The smallest absolute Gasteiger partial charge is 0.319 e. The normalized spacial score (nSPS) is 17.4. The number of nitrogens with zero attached hydrogens (tertiary/aromatic N) is 3. The highest BCUT2D eigenvalue weighted by molar-refractivity contribution is 6.35. The first-order valence-electron chi connectivity index (χ1n) is 15.4. The lowest BCUT2D eigenvalue weighted by Crippen LogP contribution is -2.63. The summed E-state index contributed by atoms with van der Waals surface area (Å²) in [6.07, 6.45) is 5.76. The number of nitrogens with one attached hydrogen (secondary N) is 3. The number of benzene rings is 2. The van der Waals surface area contributed by atoms with E-state index >= 15 is 0 Å². The molecule has 5 N–H and O–H groups in total. The minimum Gasteiger partial charge on any atom is -0.378 e. The lowest BCUT2D eigenvalue weighted by molar-refractivity contribution is -0.139. The average Bonchev–Trinajstić information content (AvgIpc) is 3.01. The van der Waals surface area contributed by atoms with Gasteiger partial charge in [0.15, 0.2) is 0 Å². The number of carbonyl (C=O) groups excluding carboxylic acids is 3. The van der Waals surface area contributed by atoms with Gasteiger partial charge in [-0.3, -0.25) is 14.5 Å². The van der Waals surface area contributed by atoms with Gasteiger partial charge in [0.25, 0.3) is 0 Å². The molecule has 10 nitrogen and oxygen atoms in total. The second kappa shape index (κ2) is 15.8. The van der Waals surface area contributed by atoms with E-state index in [1.807, 2.05) is 48.2 Å². The van der Waals surface area contributed by atoms with Crippen LogP contribution in [0.3, 0.4) is 0 Å². The average molecular weight is 647 g/mol. The molecule has 12 heteroatoms. The topological polar surface area (TPSA) is 123 Å². The van der Waals surface area contributed by atoms with E-state index in [9.17, 15) is 14.4 Å². The van der Waals surface area contributed by atoms with Crippen LogP contribution in [0.15, 0.2) is 42.5 Å². The van der Waals surface area contributed by atoms with E-state index in [4.69, 9.17) is 28.9 Å². The number of rotatable bonds is 11. The molecule has 0 radical (unpaired) electrons. The van der Waals surface area contributed by atoms with Crippen LogP contribution in [-0.2, 0) is 16.0 Å². The van der Waals surface area contributed by atoms with Gasteiger partial charge in [0.05, 0.1) is 0 Å². The molecule has 240 valence electrons. The molecule has 1 heterocycles. The van der Waals surface area contributed by atoms with Crippen molar-refractivity contribution in [1.29, 1.82) is 0 Å². The molecule has 2 aromatic carbocycles. The van der Waals surface area contributed by atoms with E-state index in [1.165, 1.54) is 6.42 Å². The van der Waals surface area contributed by atoms with E-state index in [0.29, 0.717) is 42.8 Å². The number of carbonyl (C=O) groups is 3. The number of hydrogen-bond acceptors (Lipinski definition) is 6. The Kier molecular flexibility index (Phi) is 12.1. The predicted molar refractivity (Wildman–Crippen MR) is 178 cm³/mol. The Morgan fingerprint density at radius 1 is 0.977 bits per heavy atom. The van der Waals surface area contributed by atoms with Crippen molar-refractivity contribution in [3.8, 4) is 0 Å². The molecule has 2 fully saturated rings. The van der Waals surface area contributed by atoms with Crippen LogP contribution in [0.4, 0.5) is 16.2 Å². The van der Waals surface area contributed by atoms with Crippen LogP contribution in [-0.4, -0.2) is 92.6 Å². The standard InChI is InChI=1S/C32H45Cl2N7O3/c1-39(2)26-10-8-25(9-11-26)37-31(44)36-22-32(13-4-3-5-14-32)41-18-16-40(17-19-41)30(43)28(38-29(42)12-15-35)20-23-6-7-24(33)21-27(23)34/h6-11,21,28H,3-5,12-20,22,35H2,1-2H3,(H,38,42)(H2,36,37,44)/t28-/m1/s1. The van der Waals surface area contributed by atoms with Crippen LogP contribution in [0.2, 0.25) is 10.0 Å². The van der Waals surface area contributed by atoms with E-state index in [2.05, 4.69) is 20.9 Å². The maximum absolute atomic E-state index is 13.8. The van der Waals surface area contributed by atoms with Gasteiger partial charge in [0.2, 0.25) is 11.8 Å². The zero-order chi connectivity index (χ0) is 31.7. The van der Waals surface area contributed by atoms with Crippen molar-refractivity contribution < 1.29 is 14.4 Å². The summed E-state index contributed by atoms with van der Waals surface area (Å²) < 4.78 is 0. The number of anilines is 2. The maximum atomic E-state index is 13.8. The van der Waals surface area contributed by atoms with Gasteiger partial charge in [-0.1, -0.05) is 48.5 Å². The van der Waals surface area contributed by atoms with Crippen molar-refractivity contribution in [3.63, 3.8) is 0 Å². The highest BCUT2D eigenvalue weighted by atomic mass is 35.5. The van der Waals surface area contributed by atoms with Crippen LogP contribution in [0.1, 0.15) is 44.1 Å². The molecule has 0 unspecified atom stereocenters. The Balaban J connectivity index is 1.38. The number of nitrogens with two attached hydrogens (primary N) is 1. The van der Waals surface area contributed by atoms with Crippen molar-refractivity contribution in [2.24, 2.45) is 5.73 Å². The van der Waals surface area contributed by atoms with Crippen LogP contribution >= 0.6 is 23.2 Å². The first kappa shape index (κ1) is 33.8. The molecular formula is C32H45Cl2N7O3. The van der Waals surface area contributed by atoms with E-state index < -0.39 is 6.04 Å². The summed E-state index contributed by atoms with van der Waals surface area (Å²) in [6.45, 7) is 3.17. The summed E-state index contributed by atoms with van der Waals surface area (Å²) >= 11 is 12.5. The number of piperazine rings is 1. The zero-order valence-electron chi connectivity index (χ0n) is 25.7. The predicted octanol–water partition coefficient (Wildman–Crippen LogP) is 4.10. The van der Waals surface area contributed by atoms with Crippen molar-refractivity contribution in [2.45, 2.75) is 56.5 Å². The van der Waals surface area contributed by atoms with Crippen LogP contribution in [0.25, 0.3) is 0 Å². The number of urea groups is 1. The molecule has 4 amide bonds.